The molecule has 2 heterocycles. The zero-order chi connectivity index (χ0) is 36.6. The molecule has 0 saturated carbocycles. The molecule has 2 aromatic heterocycles. The Bertz CT molecular complexity index is 2970. The fourth-order valence-electron chi connectivity index (χ4n) is 7.69. The highest BCUT2D eigenvalue weighted by atomic mass is 15.0. The van der Waals surface area contributed by atoms with Crippen LogP contribution in [-0.4, -0.2) is 19.5 Å². The number of nitrogens with zero attached hydrogens (tertiary/aromatic N) is 4. The van der Waals surface area contributed by atoms with Crippen molar-refractivity contribution in [2.45, 2.75) is 0 Å². The fourth-order valence-corrected chi connectivity index (χ4v) is 7.69. The minimum Gasteiger partial charge on any atom is -0.309 e. The molecular formula is C51H34N4. The van der Waals surface area contributed by atoms with E-state index in [1.165, 1.54) is 27.4 Å². The number of para-hydroxylation sites is 2. The van der Waals surface area contributed by atoms with Gasteiger partial charge < -0.3 is 4.57 Å². The lowest BCUT2D eigenvalue weighted by atomic mass is 9.99. The van der Waals surface area contributed by atoms with Crippen LogP contribution in [0.2, 0.25) is 0 Å². The van der Waals surface area contributed by atoms with Gasteiger partial charge in [0.1, 0.15) is 0 Å². The second-order valence-electron chi connectivity index (χ2n) is 13.6. The topological polar surface area (TPSA) is 43.6 Å². The molecule has 0 unspecified atom stereocenters. The number of rotatable bonds is 7. The van der Waals surface area contributed by atoms with Gasteiger partial charge in [0.25, 0.3) is 0 Å². The van der Waals surface area contributed by atoms with Crippen molar-refractivity contribution in [2.75, 3.05) is 0 Å². The summed E-state index contributed by atoms with van der Waals surface area (Å²) in [6.45, 7) is 0. The average Bonchev–Trinajstić information content (AvgIpc) is 3.62. The van der Waals surface area contributed by atoms with E-state index in [0.29, 0.717) is 17.5 Å². The van der Waals surface area contributed by atoms with Crippen LogP contribution in [0.3, 0.4) is 0 Å². The molecule has 0 N–H and O–H groups in total. The third-order valence-electron chi connectivity index (χ3n) is 10.3. The number of fused-ring (bicyclic) bond motifs is 3. The first-order chi connectivity index (χ1) is 27.3. The summed E-state index contributed by atoms with van der Waals surface area (Å²) in [5.74, 6) is 1.89. The smallest absolute Gasteiger partial charge is 0.164 e. The van der Waals surface area contributed by atoms with Gasteiger partial charge in [-0.2, -0.15) is 0 Å². The van der Waals surface area contributed by atoms with Gasteiger partial charge in [0.2, 0.25) is 0 Å². The molecule has 10 aromatic rings. The van der Waals surface area contributed by atoms with Crippen molar-refractivity contribution in [3.05, 3.63) is 206 Å². The molecule has 0 spiro atoms. The quantitative estimate of drug-likeness (QED) is 0.166. The van der Waals surface area contributed by atoms with Crippen LogP contribution >= 0.6 is 0 Å². The Kier molecular flexibility index (Phi) is 8.12. The first-order valence-electron chi connectivity index (χ1n) is 18.5. The van der Waals surface area contributed by atoms with Gasteiger partial charge >= 0.3 is 0 Å². The first-order valence-corrected chi connectivity index (χ1v) is 18.5. The predicted molar refractivity (Wildman–Crippen MR) is 227 cm³/mol. The van der Waals surface area contributed by atoms with Crippen molar-refractivity contribution in [3.63, 3.8) is 0 Å². The largest absolute Gasteiger partial charge is 0.309 e. The van der Waals surface area contributed by atoms with E-state index in [1.54, 1.807) is 0 Å². The molecule has 4 heteroatoms. The summed E-state index contributed by atoms with van der Waals surface area (Å²) in [5, 5.41) is 2.47. The van der Waals surface area contributed by atoms with Crippen molar-refractivity contribution < 1.29 is 0 Å². The van der Waals surface area contributed by atoms with E-state index in [0.717, 1.165) is 50.1 Å². The van der Waals surface area contributed by atoms with Gasteiger partial charge in [-0.05, 0) is 58.1 Å². The average molecular weight is 703 g/mol. The van der Waals surface area contributed by atoms with E-state index in [-0.39, 0.29) is 0 Å². The van der Waals surface area contributed by atoms with Crippen LogP contribution in [0.15, 0.2) is 206 Å². The van der Waals surface area contributed by atoms with E-state index in [9.17, 15) is 0 Å². The molecule has 0 radical (unpaired) electrons. The maximum atomic E-state index is 5.13. The molecule has 4 nitrogen and oxygen atoms in total. The minimum atomic E-state index is 0.623. The lowest BCUT2D eigenvalue weighted by Gasteiger charge is -2.15. The number of hydrogen-bond donors (Lipinski definition) is 0. The van der Waals surface area contributed by atoms with Crippen molar-refractivity contribution in [1.29, 1.82) is 0 Å². The predicted octanol–water partition coefficient (Wildman–Crippen LogP) is 13.0. The highest BCUT2D eigenvalue weighted by Crippen LogP contribution is 2.41. The minimum absolute atomic E-state index is 0.623. The van der Waals surface area contributed by atoms with Crippen molar-refractivity contribution >= 4 is 21.8 Å². The molecule has 0 atom stereocenters. The number of hydrogen-bond acceptors (Lipinski definition) is 3. The maximum absolute atomic E-state index is 5.13. The van der Waals surface area contributed by atoms with Crippen LogP contribution in [0.5, 0.6) is 0 Å². The zero-order valence-corrected chi connectivity index (χ0v) is 29.9. The van der Waals surface area contributed by atoms with Crippen molar-refractivity contribution in [2.24, 2.45) is 0 Å². The Balaban J connectivity index is 1.13. The molecule has 55 heavy (non-hydrogen) atoms. The van der Waals surface area contributed by atoms with Gasteiger partial charge in [-0.15, -0.1) is 0 Å². The van der Waals surface area contributed by atoms with Crippen LogP contribution in [-0.2, 0) is 0 Å². The molecule has 0 aliphatic rings. The summed E-state index contributed by atoms with van der Waals surface area (Å²) in [7, 11) is 0. The fraction of sp³-hybridized carbons (Fsp3) is 0. The Hall–Kier alpha value is -7.43. The van der Waals surface area contributed by atoms with E-state index in [4.69, 9.17) is 15.0 Å². The normalized spacial score (nSPS) is 11.3. The number of benzene rings is 8. The van der Waals surface area contributed by atoms with E-state index >= 15 is 0 Å². The van der Waals surface area contributed by atoms with Crippen molar-refractivity contribution in [1.82, 2.24) is 19.5 Å². The lowest BCUT2D eigenvalue weighted by molar-refractivity contribution is 1.07. The summed E-state index contributed by atoms with van der Waals surface area (Å²) in [5.41, 5.74) is 13.1. The van der Waals surface area contributed by atoms with Gasteiger partial charge in [-0.25, -0.2) is 15.0 Å². The Morgan fingerprint density at radius 1 is 0.291 bits per heavy atom. The molecular weight excluding hydrogens is 669 g/mol. The molecule has 0 amide bonds. The highest BCUT2D eigenvalue weighted by Gasteiger charge is 2.19. The Morgan fingerprint density at radius 3 is 1.45 bits per heavy atom. The third-order valence-corrected chi connectivity index (χ3v) is 10.3. The van der Waals surface area contributed by atoms with E-state index in [2.05, 4.69) is 174 Å². The van der Waals surface area contributed by atoms with Crippen LogP contribution < -0.4 is 0 Å². The summed E-state index contributed by atoms with van der Waals surface area (Å²) >= 11 is 0. The van der Waals surface area contributed by atoms with Gasteiger partial charge in [-0.1, -0.05) is 176 Å². The summed E-state index contributed by atoms with van der Waals surface area (Å²) in [6, 6.07) is 72.2. The van der Waals surface area contributed by atoms with Gasteiger partial charge in [0, 0.05) is 33.0 Å². The van der Waals surface area contributed by atoms with Crippen molar-refractivity contribution in [3.8, 4) is 73.2 Å². The lowest BCUT2D eigenvalue weighted by Crippen LogP contribution is -2.01. The third kappa shape index (κ3) is 5.96. The Morgan fingerprint density at radius 2 is 0.745 bits per heavy atom. The van der Waals surface area contributed by atoms with E-state index < -0.39 is 0 Å². The molecule has 0 aliphatic carbocycles. The molecule has 0 bridgehead atoms. The SMILES string of the molecule is c1ccc(-c2cccc(-c3nc(-c4ccccc4)nc(-c4cccc(-c5ccccc5-n5c6ccccc6c6c(-c7ccccc7)cccc65)c4)n3)c2)cc1. The standard InChI is InChI=1S/C51H34N4/c1-4-17-35(18-5-1)38-23-14-25-40(33-38)50-52-49(37-21-8-3-9-22-37)53-51(54-50)41-26-15-24-39(34-41)42-27-10-12-30-45(42)55-46-31-13-11-28-44(46)48-43(29-16-32-47(48)55)36-19-6-2-7-20-36/h1-34H. The number of aromatic nitrogens is 4. The first kappa shape index (κ1) is 32.2. The second kappa shape index (κ2) is 13.8. The van der Waals surface area contributed by atoms with Gasteiger partial charge in [0.05, 0.1) is 16.7 Å². The second-order valence-corrected chi connectivity index (χ2v) is 13.6. The van der Waals surface area contributed by atoms with Crippen LogP contribution in [0.25, 0.3) is 95.0 Å². The summed E-state index contributed by atoms with van der Waals surface area (Å²) in [6.07, 6.45) is 0. The van der Waals surface area contributed by atoms with Crippen LogP contribution in [0, 0.1) is 0 Å². The van der Waals surface area contributed by atoms with E-state index in [1.807, 2.05) is 36.4 Å². The van der Waals surface area contributed by atoms with Gasteiger partial charge in [-0.3, -0.25) is 0 Å². The van der Waals surface area contributed by atoms with Crippen LogP contribution in [0.1, 0.15) is 0 Å². The highest BCUT2D eigenvalue weighted by molar-refractivity contribution is 6.16. The molecule has 8 aromatic carbocycles. The zero-order valence-electron chi connectivity index (χ0n) is 29.9. The molecule has 0 aliphatic heterocycles. The molecule has 258 valence electrons. The monoisotopic (exact) mass is 702 g/mol. The Labute approximate surface area is 319 Å². The van der Waals surface area contributed by atoms with Gasteiger partial charge in [0.15, 0.2) is 17.5 Å². The summed E-state index contributed by atoms with van der Waals surface area (Å²) < 4.78 is 2.41. The summed E-state index contributed by atoms with van der Waals surface area (Å²) in [4.78, 5) is 15.2. The maximum Gasteiger partial charge on any atom is 0.164 e. The molecule has 10 rings (SSSR count). The molecule has 0 saturated heterocycles. The molecule has 0 fully saturated rings. The van der Waals surface area contributed by atoms with Crippen LogP contribution in [0.4, 0.5) is 0 Å².